The molecule has 0 saturated heterocycles. The van der Waals surface area contributed by atoms with Crippen molar-refractivity contribution >= 4 is 10.8 Å². The summed E-state index contributed by atoms with van der Waals surface area (Å²) >= 11 is 0. The molecule has 22 heavy (non-hydrogen) atoms. The van der Waals surface area contributed by atoms with E-state index in [1.807, 2.05) is 12.1 Å². The number of fused-ring (bicyclic) bond motifs is 1. The molecular formula is C16H20O6. The van der Waals surface area contributed by atoms with Gasteiger partial charge >= 0.3 is 0 Å². The highest BCUT2D eigenvalue weighted by Gasteiger charge is 2.21. The van der Waals surface area contributed by atoms with E-state index >= 15 is 0 Å². The largest absolute Gasteiger partial charge is 0.496 e. The second kappa shape index (κ2) is 7.09. The van der Waals surface area contributed by atoms with Gasteiger partial charge in [-0.05, 0) is 12.1 Å². The van der Waals surface area contributed by atoms with Gasteiger partial charge in [-0.1, -0.05) is 0 Å². The van der Waals surface area contributed by atoms with Crippen molar-refractivity contribution in [1.82, 2.24) is 0 Å². The second-order valence-electron chi connectivity index (χ2n) is 4.38. The molecule has 0 amide bonds. The first-order valence-electron chi connectivity index (χ1n) is 6.63. The molecule has 6 heteroatoms. The molecule has 2 rings (SSSR count). The molecule has 0 aromatic heterocycles. The summed E-state index contributed by atoms with van der Waals surface area (Å²) in [5.74, 6) is 2.92. The molecule has 0 aliphatic heterocycles. The van der Waals surface area contributed by atoms with Gasteiger partial charge in [-0.15, -0.1) is 0 Å². The predicted octanol–water partition coefficient (Wildman–Crippen LogP) is 2.86. The van der Waals surface area contributed by atoms with E-state index in [-0.39, 0.29) is 6.79 Å². The number of benzene rings is 2. The van der Waals surface area contributed by atoms with Crippen LogP contribution in [0.5, 0.6) is 28.7 Å². The van der Waals surface area contributed by atoms with E-state index in [2.05, 4.69) is 0 Å². The first kappa shape index (κ1) is 16.0. The molecule has 6 nitrogen and oxygen atoms in total. The van der Waals surface area contributed by atoms with Gasteiger partial charge < -0.3 is 28.4 Å². The molecule has 0 bridgehead atoms. The Morgan fingerprint density at radius 1 is 0.682 bits per heavy atom. The molecule has 2 aromatic carbocycles. The average Bonchev–Trinajstić information content (AvgIpc) is 2.57. The van der Waals surface area contributed by atoms with Crippen LogP contribution in [0.2, 0.25) is 0 Å². The predicted molar refractivity (Wildman–Crippen MR) is 82.7 cm³/mol. The van der Waals surface area contributed by atoms with Gasteiger partial charge in [0.1, 0.15) is 17.2 Å². The summed E-state index contributed by atoms with van der Waals surface area (Å²) in [4.78, 5) is 0. The number of hydrogen-bond acceptors (Lipinski definition) is 6. The van der Waals surface area contributed by atoms with E-state index in [1.54, 1.807) is 41.6 Å². The lowest BCUT2D eigenvalue weighted by Gasteiger charge is -2.18. The molecule has 0 spiro atoms. The lowest BCUT2D eigenvalue weighted by atomic mass is 10.1. The molecule has 0 heterocycles. The van der Waals surface area contributed by atoms with Gasteiger partial charge in [-0.25, -0.2) is 0 Å². The summed E-state index contributed by atoms with van der Waals surface area (Å²) in [6.07, 6.45) is 0. The van der Waals surface area contributed by atoms with Crippen molar-refractivity contribution in [1.29, 1.82) is 0 Å². The molecule has 2 aromatic rings. The van der Waals surface area contributed by atoms with Crippen LogP contribution in [0.15, 0.2) is 18.2 Å². The Morgan fingerprint density at radius 3 is 1.77 bits per heavy atom. The highest BCUT2D eigenvalue weighted by Crippen LogP contribution is 2.49. The number of hydrogen-bond donors (Lipinski definition) is 0. The summed E-state index contributed by atoms with van der Waals surface area (Å²) in [5, 5.41) is 1.47. The Labute approximate surface area is 129 Å². The van der Waals surface area contributed by atoms with Crippen molar-refractivity contribution in [3.8, 4) is 28.7 Å². The minimum atomic E-state index is 0.0945. The van der Waals surface area contributed by atoms with Crippen LogP contribution in [-0.4, -0.2) is 42.3 Å². The van der Waals surface area contributed by atoms with Gasteiger partial charge in [0, 0.05) is 13.2 Å². The summed E-state index contributed by atoms with van der Waals surface area (Å²) in [6.45, 7) is 0.0945. The van der Waals surface area contributed by atoms with Crippen LogP contribution < -0.4 is 23.7 Å². The fourth-order valence-corrected chi connectivity index (χ4v) is 2.35. The van der Waals surface area contributed by atoms with Crippen molar-refractivity contribution < 1.29 is 28.4 Å². The van der Waals surface area contributed by atoms with Crippen LogP contribution in [0.3, 0.4) is 0 Å². The van der Waals surface area contributed by atoms with Gasteiger partial charge in [-0.2, -0.15) is 0 Å². The van der Waals surface area contributed by atoms with Crippen LogP contribution in [0.25, 0.3) is 10.8 Å². The lowest BCUT2D eigenvalue weighted by Crippen LogP contribution is -2.03. The highest BCUT2D eigenvalue weighted by molar-refractivity contribution is 6.03. The van der Waals surface area contributed by atoms with E-state index in [0.717, 1.165) is 10.8 Å². The minimum Gasteiger partial charge on any atom is -0.496 e. The van der Waals surface area contributed by atoms with E-state index in [1.165, 1.54) is 0 Å². The maximum absolute atomic E-state index is 5.58. The molecule has 0 atom stereocenters. The van der Waals surface area contributed by atoms with Crippen LogP contribution in [0, 0.1) is 0 Å². The highest BCUT2D eigenvalue weighted by atomic mass is 16.7. The fourth-order valence-electron chi connectivity index (χ4n) is 2.35. The molecule has 0 aliphatic carbocycles. The SMILES string of the molecule is COCOc1cc(OC)c2c(OC)ccc(OC)c2c1OC. The zero-order valence-corrected chi connectivity index (χ0v) is 13.4. The summed E-state index contributed by atoms with van der Waals surface area (Å²) in [6, 6.07) is 5.37. The molecular weight excluding hydrogens is 288 g/mol. The minimum absolute atomic E-state index is 0.0945. The summed E-state index contributed by atoms with van der Waals surface area (Å²) in [5.41, 5.74) is 0. The summed E-state index contributed by atoms with van der Waals surface area (Å²) < 4.78 is 32.4. The van der Waals surface area contributed by atoms with Crippen LogP contribution in [0.1, 0.15) is 0 Å². The molecule has 0 unspecified atom stereocenters. The van der Waals surface area contributed by atoms with Crippen molar-refractivity contribution in [2.45, 2.75) is 0 Å². The van der Waals surface area contributed by atoms with E-state index in [9.17, 15) is 0 Å². The number of ether oxygens (including phenoxy) is 6. The Hall–Kier alpha value is -2.34. The third-order valence-corrected chi connectivity index (χ3v) is 3.28. The first-order chi connectivity index (χ1) is 10.7. The van der Waals surface area contributed by atoms with Gasteiger partial charge in [0.05, 0.1) is 39.2 Å². The second-order valence-corrected chi connectivity index (χ2v) is 4.38. The fraction of sp³-hybridized carbons (Fsp3) is 0.375. The van der Waals surface area contributed by atoms with Gasteiger partial charge in [0.2, 0.25) is 0 Å². The lowest BCUT2D eigenvalue weighted by molar-refractivity contribution is 0.0492. The number of methoxy groups -OCH3 is 5. The van der Waals surface area contributed by atoms with Crippen molar-refractivity contribution in [2.24, 2.45) is 0 Å². The number of rotatable bonds is 7. The molecule has 120 valence electrons. The molecule has 0 radical (unpaired) electrons. The summed E-state index contributed by atoms with van der Waals surface area (Å²) in [7, 11) is 7.90. The third-order valence-electron chi connectivity index (χ3n) is 3.28. The van der Waals surface area contributed by atoms with E-state index in [4.69, 9.17) is 28.4 Å². The van der Waals surface area contributed by atoms with Crippen molar-refractivity contribution in [2.75, 3.05) is 42.3 Å². The average molecular weight is 308 g/mol. The smallest absolute Gasteiger partial charge is 0.188 e. The molecule has 0 N–H and O–H groups in total. The van der Waals surface area contributed by atoms with Gasteiger partial charge in [-0.3, -0.25) is 0 Å². The van der Waals surface area contributed by atoms with Crippen molar-refractivity contribution in [3.05, 3.63) is 18.2 Å². The molecule has 0 saturated carbocycles. The molecule has 0 fully saturated rings. The van der Waals surface area contributed by atoms with Gasteiger partial charge in [0.15, 0.2) is 18.3 Å². The quantitative estimate of drug-likeness (QED) is 0.733. The van der Waals surface area contributed by atoms with E-state index < -0.39 is 0 Å². The van der Waals surface area contributed by atoms with Crippen LogP contribution in [0.4, 0.5) is 0 Å². The first-order valence-corrected chi connectivity index (χ1v) is 6.63. The van der Waals surface area contributed by atoms with Crippen LogP contribution >= 0.6 is 0 Å². The molecule has 0 aliphatic rings. The third kappa shape index (κ3) is 2.69. The van der Waals surface area contributed by atoms with Gasteiger partial charge in [0.25, 0.3) is 0 Å². The van der Waals surface area contributed by atoms with E-state index in [0.29, 0.717) is 28.7 Å². The Kier molecular flexibility index (Phi) is 5.16. The van der Waals surface area contributed by atoms with Crippen LogP contribution in [-0.2, 0) is 4.74 Å². The maximum atomic E-state index is 5.58. The monoisotopic (exact) mass is 308 g/mol. The zero-order valence-electron chi connectivity index (χ0n) is 13.4. The normalized spacial score (nSPS) is 10.4. The Balaban J connectivity index is 2.85. The van der Waals surface area contributed by atoms with Crippen molar-refractivity contribution in [3.63, 3.8) is 0 Å². The Bertz CT molecular complexity index is 653. The topological polar surface area (TPSA) is 55.4 Å². The standard InChI is InChI=1S/C16H20O6/c1-17-9-22-13-8-12(20-4)14-10(18-2)6-7-11(19-3)15(14)16(13)21-5/h6-8H,9H2,1-5H3. The zero-order chi connectivity index (χ0) is 16.1. The maximum Gasteiger partial charge on any atom is 0.188 e. The Morgan fingerprint density at radius 2 is 1.27 bits per heavy atom.